The van der Waals surface area contributed by atoms with Gasteiger partial charge in [-0.15, -0.1) is 0 Å². The molecule has 1 aliphatic carbocycles. The Morgan fingerprint density at radius 2 is 1.86 bits per heavy atom. The SMILES string of the molecule is C=CC(=O)NC1CCCCN(S(=O)(=O)c2ccc(N(C)C(=O)C3CC3)cc2)C1. The molecule has 2 amide bonds. The van der Waals surface area contributed by atoms with Crippen molar-refractivity contribution in [3.05, 3.63) is 36.9 Å². The van der Waals surface area contributed by atoms with Crippen molar-refractivity contribution >= 4 is 27.5 Å². The van der Waals surface area contributed by atoms with Crippen LogP contribution in [0.5, 0.6) is 0 Å². The fourth-order valence-corrected chi connectivity index (χ4v) is 4.95. The highest BCUT2D eigenvalue weighted by molar-refractivity contribution is 7.89. The van der Waals surface area contributed by atoms with Gasteiger partial charge in [-0.3, -0.25) is 9.59 Å². The molecule has 1 aliphatic heterocycles. The van der Waals surface area contributed by atoms with Crippen LogP contribution in [0.25, 0.3) is 0 Å². The van der Waals surface area contributed by atoms with Crippen LogP contribution in [-0.4, -0.2) is 50.7 Å². The molecular weight excluding hydrogens is 378 g/mol. The summed E-state index contributed by atoms with van der Waals surface area (Å²) in [6.45, 7) is 4.10. The maximum atomic E-state index is 13.1. The van der Waals surface area contributed by atoms with Gasteiger partial charge in [0.1, 0.15) is 0 Å². The highest BCUT2D eigenvalue weighted by atomic mass is 32.2. The summed E-state index contributed by atoms with van der Waals surface area (Å²) in [5, 5.41) is 2.81. The van der Waals surface area contributed by atoms with Crippen molar-refractivity contribution in [2.24, 2.45) is 5.92 Å². The van der Waals surface area contributed by atoms with Gasteiger partial charge in [0.05, 0.1) is 4.90 Å². The summed E-state index contributed by atoms with van der Waals surface area (Å²) in [7, 11) is -1.96. The van der Waals surface area contributed by atoms with Gasteiger partial charge in [0.2, 0.25) is 21.8 Å². The topological polar surface area (TPSA) is 86.8 Å². The van der Waals surface area contributed by atoms with E-state index in [1.54, 1.807) is 36.2 Å². The molecule has 3 rings (SSSR count). The maximum absolute atomic E-state index is 13.1. The predicted molar refractivity (Wildman–Crippen MR) is 107 cm³/mol. The molecule has 0 spiro atoms. The number of benzene rings is 1. The molecule has 0 aromatic heterocycles. The van der Waals surface area contributed by atoms with E-state index in [4.69, 9.17) is 0 Å². The Bertz CT molecular complexity index is 847. The molecule has 1 unspecified atom stereocenters. The molecular formula is C20H27N3O4S. The minimum Gasteiger partial charge on any atom is -0.349 e. The molecule has 152 valence electrons. The van der Waals surface area contributed by atoms with E-state index in [9.17, 15) is 18.0 Å². The van der Waals surface area contributed by atoms with Crippen molar-refractivity contribution in [2.45, 2.75) is 43.0 Å². The number of sulfonamides is 1. The number of nitrogens with zero attached hydrogens (tertiary/aromatic N) is 2. The van der Waals surface area contributed by atoms with Gasteiger partial charge in [-0.05, 0) is 56.0 Å². The quantitative estimate of drug-likeness (QED) is 0.733. The van der Waals surface area contributed by atoms with Gasteiger partial charge < -0.3 is 10.2 Å². The number of hydrogen-bond acceptors (Lipinski definition) is 4. The Kier molecular flexibility index (Phi) is 6.20. The molecule has 2 aliphatic rings. The zero-order valence-corrected chi connectivity index (χ0v) is 17.0. The fraction of sp³-hybridized carbons (Fsp3) is 0.500. The van der Waals surface area contributed by atoms with E-state index in [0.717, 1.165) is 32.1 Å². The molecule has 2 fully saturated rings. The number of amides is 2. The third kappa shape index (κ3) is 4.62. The third-order valence-electron chi connectivity index (χ3n) is 5.28. The summed E-state index contributed by atoms with van der Waals surface area (Å²) < 4.78 is 27.6. The molecule has 7 nitrogen and oxygen atoms in total. The van der Waals surface area contributed by atoms with Gasteiger partial charge in [0.25, 0.3) is 0 Å². The van der Waals surface area contributed by atoms with E-state index >= 15 is 0 Å². The van der Waals surface area contributed by atoms with Crippen LogP contribution in [0.4, 0.5) is 5.69 Å². The second kappa shape index (κ2) is 8.45. The van der Waals surface area contributed by atoms with Crippen LogP contribution in [0.15, 0.2) is 41.8 Å². The summed E-state index contributed by atoms with van der Waals surface area (Å²) in [5.41, 5.74) is 0.683. The summed E-state index contributed by atoms with van der Waals surface area (Å²) in [6.07, 6.45) is 5.38. The molecule has 1 heterocycles. The van der Waals surface area contributed by atoms with Crippen molar-refractivity contribution < 1.29 is 18.0 Å². The van der Waals surface area contributed by atoms with E-state index in [1.807, 2.05) is 0 Å². The molecule has 1 saturated heterocycles. The first kappa shape index (κ1) is 20.5. The highest BCUT2D eigenvalue weighted by Gasteiger charge is 2.33. The summed E-state index contributed by atoms with van der Waals surface area (Å²) >= 11 is 0. The number of carbonyl (C=O) groups is 2. The molecule has 1 N–H and O–H groups in total. The fourth-order valence-electron chi connectivity index (χ4n) is 3.43. The Hall–Kier alpha value is -2.19. The lowest BCUT2D eigenvalue weighted by molar-refractivity contribution is -0.119. The van der Waals surface area contributed by atoms with Crippen molar-refractivity contribution in [1.29, 1.82) is 0 Å². The minimum atomic E-state index is -3.67. The van der Waals surface area contributed by atoms with Crippen LogP contribution >= 0.6 is 0 Å². The molecule has 0 radical (unpaired) electrons. The number of rotatable bonds is 6. The normalized spacial score (nSPS) is 20.8. The lowest BCUT2D eigenvalue weighted by Gasteiger charge is -2.25. The summed E-state index contributed by atoms with van der Waals surface area (Å²) in [6, 6.07) is 6.20. The number of hydrogen-bond donors (Lipinski definition) is 1. The number of nitrogens with one attached hydrogen (secondary N) is 1. The molecule has 0 bridgehead atoms. The summed E-state index contributed by atoms with van der Waals surface area (Å²) in [5.74, 6) is -0.117. The lowest BCUT2D eigenvalue weighted by atomic mass is 10.1. The third-order valence-corrected chi connectivity index (χ3v) is 7.16. The average molecular weight is 406 g/mol. The second-order valence-corrected chi connectivity index (χ2v) is 9.37. The Labute approximate surface area is 166 Å². The Balaban J connectivity index is 1.74. The van der Waals surface area contributed by atoms with Crippen molar-refractivity contribution in [1.82, 2.24) is 9.62 Å². The van der Waals surface area contributed by atoms with Crippen LogP contribution in [0.3, 0.4) is 0 Å². The van der Waals surface area contributed by atoms with Gasteiger partial charge in [0.15, 0.2) is 0 Å². The van der Waals surface area contributed by atoms with Crippen LogP contribution < -0.4 is 10.2 Å². The first-order chi connectivity index (χ1) is 13.3. The van der Waals surface area contributed by atoms with E-state index in [0.29, 0.717) is 12.2 Å². The first-order valence-electron chi connectivity index (χ1n) is 9.63. The lowest BCUT2D eigenvalue weighted by Crippen LogP contribution is -2.44. The van der Waals surface area contributed by atoms with E-state index in [2.05, 4.69) is 11.9 Å². The van der Waals surface area contributed by atoms with Gasteiger partial charge in [-0.25, -0.2) is 8.42 Å². The van der Waals surface area contributed by atoms with Crippen LogP contribution in [0.1, 0.15) is 32.1 Å². The Morgan fingerprint density at radius 3 is 2.46 bits per heavy atom. The largest absolute Gasteiger partial charge is 0.349 e. The smallest absolute Gasteiger partial charge is 0.243 e. The highest BCUT2D eigenvalue weighted by Crippen LogP contribution is 2.32. The van der Waals surface area contributed by atoms with Crippen molar-refractivity contribution in [2.75, 3.05) is 25.0 Å². The molecule has 1 aromatic carbocycles. The molecule has 1 atom stereocenters. The van der Waals surface area contributed by atoms with E-state index in [1.165, 1.54) is 10.4 Å². The van der Waals surface area contributed by atoms with Crippen LogP contribution in [-0.2, 0) is 19.6 Å². The zero-order chi connectivity index (χ0) is 20.3. The number of anilines is 1. The van der Waals surface area contributed by atoms with Gasteiger partial charge >= 0.3 is 0 Å². The van der Waals surface area contributed by atoms with E-state index < -0.39 is 10.0 Å². The molecule has 8 heteroatoms. The van der Waals surface area contributed by atoms with Crippen LogP contribution in [0, 0.1) is 5.92 Å². The zero-order valence-electron chi connectivity index (χ0n) is 16.1. The standard InChI is InChI=1S/C20H27N3O4S/c1-3-19(24)21-16-6-4-5-13-23(14-16)28(26,27)18-11-9-17(10-12-18)22(2)20(25)15-7-8-15/h3,9-12,15-16H,1,4-8,13-14H2,2H3,(H,21,24). The molecule has 28 heavy (non-hydrogen) atoms. The molecule has 1 saturated carbocycles. The van der Waals surface area contributed by atoms with Crippen LogP contribution in [0.2, 0.25) is 0 Å². The Morgan fingerprint density at radius 1 is 1.18 bits per heavy atom. The minimum absolute atomic E-state index is 0.0731. The first-order valence-corrected chi connectivity index (χ1v) is 11.1. The van der Waals surface area contributed by atoms with Gasteiger partial charge in [0, 0.05) is 37.8 Å². The maximum Gasteiger partial charge on any atom is 0.243 e. The van der Waals surface area contributed by atoms with Gasteiger partial charge in [-0.2, -0.15) is 4.31 Å². The summed E-state index contributed by atoms with van der Waals surface area (Å²) in [4.78, 5) is 25.6. The number of carbonyl (C=O) groups excluding carboxylic acids is 2. The van der Waals surface area contributed by atoms with Crippen molar-refractivity contribution in [3.8, 4) is 0 Å². The average Bonchev–Trinajstić information content (AvgIpc) is 3.54. The van der Waals surface area contributed by atoms with Gasteiger partial charge in [-0.1, -0.05) is 13.0 Å². The van der Waals surface area contributed by atoms with E-state index in [-0.39, 0.29) is 35.2 Å². The molecule has 1 aromatic rings. The second-order valence-electron chi connectivity index (χ2n) is 7.43. The monoisotopic (exact) mass is 405 g/mol. The van der Waals surface area contributed by atoms with Crippen molar-refractivity contribution in [3.63, 3.8) is 0 Å². The predicted octanol–water partition coefficient (Wildman–Crippen LogP) is 1.90.